The van der Waals surface area contributed by atoms with Crippen LogP contribution in [0.25, 0.3) is 5.69 Å². The maximum Gasteiger partial charge on any atom is 0.255 e. The molecule has 0 spiro atoms. The van der Waals surface area contributed by atoms with E-state index in [0.717, 1.165) is 0 Å². The number of ether oxygens (including phenoxy) is 1. The minimum atomic E-state index is -0.266. The zero-order valence-corrected chi connectivity index (χ0v) is 16.9. The Hall–Kier alpha value is -4.28. The Morgan fingerprint density at radius 1 is 1.06 bits per heavy atom. The van der Waals surface area contributed by atoms with E-state index in [9.17, 15) is 4.79 Å². The Labute approximate surface area is 183 Å². The van der Waals surface area contributed by atoms with Crippen molar-refractivity contribution in [3.63, 3.8) is 0 Å². The van der Waals surface area contributed by atoms with Gasteiger partial charge in [0.1, 0.15) is 28.9 Å². The minimum absolute atomic E-state index is 0.249. The number of nitrogens with zero attached hydrogens (tertiary/aromatic N) is 3. The van der Waals surface area contributed by atoms with E-state index in [1.807, 2.05) is 18.2 Å². The van der Waals surface area contributed by atoms with Gasteiger partial charge >= 0.3 is 0 Å². The molecular weight excluding hydrogens is 414 g/mol. The molecule has 4 aromatic rings. The number of nitrogen functional groups attached to an aromatic ring is 1. The van der Waals surface area contributed by atoms with Gasteiger partial charge in [0.15, 0.2) is 0 Å². The topological polar surface area (TPSA) is 106 Å². The van der Waals surface area contributed by atoms with Gasteiger partial charge in [-0.1, -0.05) is 23.7 Å². The Kier molecular flexibility index (Phi) is 5.56. The molecule has 0 aliphatic heterocycles. The lowest BCUT2D eigenvalue weighted by molar-refractivity contribution is 0.102. The van der Waals surface area contributed by atoms with Crippen LogP contribution < -0.4 is 15.8 Å². The third-order valence-electron chi connectivity index (χ3n) is 4.48. The van der Waals surface area contributed by atoms with E-state index in [-0.39, 0.29) is 11.7 Å². The number of aromatic nitrogens is 2. The van der Waals surface area contributed by atoms with Crippen LogP contribution in [0, 0.1) is 11.3 Å². The van der Waals surface area contributed by atoms with Crippen LogP contribution in [0.5, 0.6) is 11.5 Å². The highest BCUT2D eigenvalue weighted by Gasteiger charge is 2.11. The molecule has 4 rings (SSSR count). The quantitative estimate of drug-likeness (QED) is 0.463. The van der Waals surface area contributed by atoms with Crippen LogP contribution in [-0.2, 0) is 0 Å². The zero-order valence-electron chi connectivity index (χ0n) is 16.1. The summed E-state index contributed by atoms with van der Waals surface area (Å²) in [6.45, 7) is 0. The fraction of sp³-hybridized carbons (Fsp3) is 0. The molecule has 1 amide bonds. The second-order valence-electron chi connectivity index (χ2n) is 6.52. The van der Waals surface area contributed by atoms with E-state index in [2.05, 4.69) is 10.4 Å². The van der Waals surface area contributed by atoms with Gasteiger partial charge in [0.25, 0.3) is 5.91 Å². The number of halogens is 1. The molecule has 0 atom stereocenters. The van der Waals surface area contributed by atoms with Crippen molar-refractivity contribution >= 4 is 29.0 Å². The lowest BCUT2D eigenvalue weighted by atomic mass is 10.2. The number of nitrogens with one attached hydrogen (secondary N) is 1. The molecule has 0 saturated carbocycles. The molecule has 0 aliphatic carbocycles. The van der Waals surface area contributed by atoms with Crippen molar-refractivity contribution in [3.05, 3.63) is 95.1 Å². The van der Waals surface area contributed by atoms with Crippen LogP contribution in [-0.4, -0.2) is 15.7 Å². The van der Waals surface area contributed by atoms with Gasteiger partial charge in [-0.15, -0.1) is 0 Å². The molecule has 31 heavy (non-hydrogen) atoms. The number of carbonyl (C=O) groups excluding carboxylic acids is 1. The van der Waals surface area contributed by atoms with Gasteiger partial charge in [0, 0.05) is 11.3 Å². The molecular formula is C23H16ClN5O2. The molecule has 1 aromatic heterocycles. The van der Waals surface area contributed by atoms with E-state index < -0.39 is 0 Å². The second kappa shape index (κ2) is 8.61. The molecule has 0 aliphatic rings. The summed E-state index contributed by atoms with van der Waals surface area (Å²) in [6.07, 6.45) is 1.40. The second-order valence-corrected chi connectivity index (χ2v) is 6.93. The van der Waals surface area contributed by atoms with Crippen molar-refractivity contribution in [1.82, 2.24) is 9.78 Å². The van der Waals surface area contributed by atoms with Crippen LogP contribution in [0.15, 0.2) is 79.0 Å². The van der Waals surface area contributed by atoms with Gasteiger partial charge in [-0.25, -0.2) is 4.68 Å². The number of rotatable bonds is 5. The average Bonchev–Trinajstić information content (AvgIpc) is 3.17. The summed E-state index contributed by atoms with van der Waals surface area (Å²) >= 11 is 6.10. The Balaban J connectivity index is 1.43. The number of amides is 1. The summed E-state index contributed by atoms with van der Waals surface area (Å²) in [5.41, 5.74) is 7.93. The number of benzene rings is 3. The largest absolute Gasteiger partial charge is 0.456 e. The predicted octanol–water partition coefficient (Wildman–Crippen LogP) is 5.02. The SMILES string of the molecule is N#Cc1cnn(-c2ccc(C(=O)Nc3ccc(Oc4ccccc4Cl)cc3)cc2)c1N. The summed E-state index contributed by atoms with van der Waals surface area (Å²) in [5, 5.41) is 16.4. The van der Waals surface area contributed by atoms with Gasteiger partial charge in [-0.05, 0) is 60.7 Å². The fourth-order valence-corrected chi connectivity index (χ4v) is 3.04. The minimum Gasteiger partial charge on any atom is -0.456 e. The number of nitriles is 1. The average molecular weight is 430 g/mol. The van der Waals surface area contributed by atoms with E-state index in [1.54, 1.807) is 60.7 Å². The fourth-order valence-electron chi connectivity index (χ4n) is 2.87. The first kappa shape index (κ1) is 20.0. The van der Waals surface area contributed by atoms with Gasteiger partial charge in [-0.2, -0.15) is 10.4 Å². The van der Waals surface area contributed by atoms with Crippen LogP contribution in [0.4, 0.5) is 11.5 Å². The van der Waals surface area contributed by atoms with E-state index in [4.69, 9.17) is 27.3 Å². The van der Waals surface area contributed by atoms with Crippen molar-refractivity contribution in [2.45, 2.75) is 0 Å². The van der Waals surface area contributed by atoms with Crippen molar-refractivity contribution in [2.24, 2.45) is 0 Å². The number of hydrogen-bond donors (Lipinski definition) is 2. The van der Waals surface area contributed by atoms with Crippen molar-refractivity contribution < 1.29 is 9.53 Å². The highest BCUT2D eigenvalue weighted by atomic mass is 35.5. The van der Waals surface area contributed by atoms with Crippen LogP contribution >= 0.6 is 11.6 Å². The molecule has 0 unspecified atom stereocenters. The molecule has 3 N–H and O–H groups in total. The monoisotopic (exact) mass is 429 g/mol. The van der Waals surface area contributed by atoms with E-state index in [0.29, 0.717) is 39.0 Å². The Bertz CT molecular complexity index is 1270. The van der Waals surface area contributed by atoms with E-state index in [1.165, 1.54) is 10.9 Å². The number of para-hydroxylation sites is 1. The van der Waals surface area contributed by atoms with Gasteiger partial charge in [0.05, 0.1) is 16.9 Å². The third kappa shape index (κ3) is 4.34. The van der Waals surface area contributed by atoms with Crippen molar-refractivity contribution in [1.29, 1.82) is 5.26 Å². The number of hydrogen-bond acceptors (Lipinski definition) is 5. The summed E-state index contributed by atoms with van der Waals surface area (Å²) in [7, 11) is 0. The first-order chi connectivity index (χ1) is 15.0. The molecule has 152 valence electrons. The lowest BCUT2D eigenvalue weighted by Crippen LogP contribution is -2.12. The first-order valence-corrected chi connectivity index (χ1v) is 9.61. The molecule has 0 saturated heterocycles. The highest BCUT2D eigenvalue weighted by molar-refractivity contribution is 6.32. The summed E-state index contributed by atoms with van der Waals surface area (Å²) < 4.78 is 7.19. The molecule has 8 heteroatoms. The van der Waals surface area contributed by atoms with E-state index >= 15 is 0 Å². The van der Waals surface area contributed by atoms with Crippen LogP contribution in [0.2, 0.25) is 5.02 Å². The molecule has 0 fully saturated rings. The van der Waals surface area contributed by atoms with Crippen LogP contribution in [0.1, 0.15) is 15.9 Å². The number of anilines is 2. The third-order valence-corrected chi connectivity index (χ3v) is 4.79. The smallest absolute Gasteiger partial charge is 0.255 e. The summed E-state index contributed by atoms with van der Waals surface area (Å²) in [5.74, 6) is 1.14. The molecule has 0 bridgehead atoms. The molecule has 0 radical (unpaired) electrons. The molecule has 3 aromatic carbocycles. The maximum absolute atomic E-state index is 12.5. The van der Waals surface area contributed by atoms with Crippen LogP contribution in [0.3, 0.4) is 0 Å². The number of carbonyl (C=O) groups is 1. The normalized spacial score (nSPS) is 10.3. The maximum atomic E-state index is 12.5. The number of nitrogens with two attached hydrogens (primary N) is 1. The van der Waals surface area contributed by atoms with Crippen molar-refractivity contribution in [3.8, 4) is 23.3 Å². The zero-order chi connectivity index (χ0) is 21.8. The van der Waals surface area contributed by atoms with Gasteiger partial charge in [0.2, 0.25) is 0 Å². The lowest BCUT2D eigenvalue weighted by Gasteiger charge is -2.10. The Morgan fingerprint density at radius 2 is 1.77 bits per heavy atom. The summed E-state index contributed by atoms with van der Waals surface area (Å²) in [4.78, 5) is 12.5. The first-order valence-electron chi connectivity index (χ1n) is 9.23. The standard InChI is InChI=1S/C23H16ClN5O2/c24-20-3-1-2-4-21(20)31-19-11-7-17(8-12-19)28-23(30)15-5-9-18(10-6-15)29-22(26)16(13-25)14-27-29/h1-12,14H,26H2,(H,28,30). The molecule has 7 nitrogen and oxygen atoms in total. The highest BCUT2D eigenvalue weighted by Crippen LogP contribution is 2.29. The summed E-state index contributed by atoms with van der Waals surface area (Å²) in [6, 6.07) is 22.9. The van der Waals surface area contributed by atoms with Gasteiger partial charge < -0.3 is 15.8 Å². The molecule has 1 heterocycles. The predicted molar refractivity (Wildman–Crippen MR) is 119 cm³/mol. The van der Waals surface area contributed by atoms with Gasteiger partial charge in [-0.3, -0.25) is 4.79 Å². The van der Waals surface area contributed by atoms with Crippen molar-refractivity contribution in [2.75, 3.05) is 11.1 Å². The Morgan fingerprint density at radius 3 is 2.42 bits per heavy atom.